The number of rotatable bonds is 45. The van der Waals surface area contributed by atoms with Crippen LogP contribution < -0.4 is 4.89 Å². The standard InChI is InChI=1S/C54H94NO7P/c1-6-8-10-12-14-16-18-20-22-24-26-27-28-29-30-31-33-35-37-39-41-43-45-47-54(56)62-53(52-61-63(57,58)60-50-48-55(3,4)5)51-59-49-46-44-42-40-38-36-34-32-25-23-21-19-17-15-13-11-9-7-2/h9,11,15,17-18,20-21,23-24,26,28-29,32,34,38,40,53H,6-8,10,12-14,16,19,22,25,27,30-31,33,35-37,39,41-52H2,1-5H3/b11-9-,17-15-,20-18-,23-21-,26-24-,29-28-,34-32-,40-38-. The number of carbonyl (C=O) groups is 1. The predicted molar refractivity (Wildman–Crippen MR) is 268 cm³/mol. The molecule has 0 aromatic carbocycles. The third-order valence-electron chi connectivity index (χ3n) is 10.1. The van der Waals surface area contributed by atoms with Crippen molar-refractivity contribution >= 4 is 13.8 Å². The van der Waals surface area contributed by atoms with Crippen molar-refractivity contribution in [3.63, 3.8) is 0 Å². The average Bonchev–Trinajstić information content (AvgIpc) is 3.24. The minimum absolute atomic E-state index is 0.0104. The second kappa shape index (κ2) is 46.0. The van der Waals surface area contributed by atoms with Gasteiger partial charge in [-0.15, -0.1) is 0 Å². The summed E-state index contributed by atoms with van der Waals surface area (Å²) in [4.78, 5) is 25.2. The van der Waals surface area contributed by atoms with E-state index in [0.29, 0.717) is 17.6 Å². The molecule has 0 fully saturated rings. The van der Waals surface area contributed by atoms with E-state index in [1.165, 1.54) is 70.6 Å². The van der Waals surface area contributed by atoms with Gasteiger partial charge in [-0.25, -0.2) is 0 Å². The molecule has 9 heteroatoms. The maximum atomic E-state index is 12.7. The highest BCUT2D eigenvalue weighted by molar-refractivity contribution is 7.45. The summed E-state index contributed by atoms with van der Waals surface area (Å²) in [5, 5.41) is 0. The molecule has 0 amide bonds. The molecule has 0 aromatic heterocycles. The summed E-state index contributed by atoms with van der Waals surface area (Å²) >= 11 is 0. The van der Waals surface area contributed by atoms with Crippen LogP contribution in [0.1, 0.15) is 181 Å². The van der Waals surface area contributed by atoms with Crippen LogP contribution in [0, 0.1) is 0 Å². The van der Waals surface area contributed by atoms with Crippen LogP contribution in [0.5, 0.6) is 0 Å². The summed E-state index contributed by atoms with van der Waals surface area (Å²) in [6.45, 7) is 5.14. The lowest BCUT2D eigenvalue weighted by Crippen LogP contribution is -2.37. The van der Waals surface area contributed by atoms with Crippen LogP contribution in [0.4, 0.5) is 0 Å². The Hall–Kier alpha value is -2.58. The molecule has 0 aliphatic heterocycles. The van der Waals surface area contributed by atoms with Crippen molar-refractivity contribution in [3.05, 3.63) is 97.2 Å². The second-order valence-electron chi connectivity index (χ2n) is 17.4. The first-order valence-electron chi connectivity index (χ1n) is 25.0. The molecule has 0 saturated heterocycles. The van der Waals surface area contributed by atoms with Crippen molar-refractivity contribution in [1.82, 2.24) is 0 Å². The predicted octanol–water partition coefficient (Wildman–Crippen LogP) is 14.8. The van der Waals surface area contributed by atoms with Crippen molar-refractivity contribution in [1.29, 1.82) is 0 Å². The number of ether oxygens (including phenoxy) is 2. The largest absolute Gasteiger partial charge is 0.756 e. The first-order valence-corrected chi connectivity index (χ1v) is 26.4. The minimum atomic E-state index is -4.55. The van der Waals surface area contributed by atoms with E-state index in [0.717, 1.165) is 89.9 Å². The summed E-state index contributed by atoms with van der Waals surface area (Å²) in [5.74, 6) is -0.360. The normalized spacial score (nSPS) is 14.4. The van der Waals surface area contributed by atoms with Crippen molar-refractivity contribution in [2.45, 2.75) is 187 Å². The number of phosphoric ester groups is 1. The third kappa shape index (κ3) is 50.3. The minimum Gasteiger partial charge on any atom is -0.756 e. The number of hydrogen-bond acceptors (Lipinski definition) is 7. The molecule has 0 aliphatic rings. The van der Waals surface area contributed by atoms with Gasteiger partial charge in [0.15, 0.2) is 0 Å². The Labute approximate surface area is 387 Å². The fourth-order valence-corrected chi connectivity index (χ4v) is 7.01. The zero-order valence-corrected chi connectivity index (χ0v) is 41.9. The van der Waals surface area contributed by atoms with Gasteiger partial charge in [-0.05, 0) is 96.3 Å². The van der Waals surface area contributed by atoms with E-state index in [2.05, 4.69) is 111 Å². The number of esters is 1. The van der Waals surface area contributed by atoms with E-state index in [1.54, 1.807) is 0 Å². The van der Waals surface area contributed by atoms with Crippen molar-refractivity contribution in [2.75, 3.05) is 54.1 Å². The lowest BCUT2D eigenvalue weighted by Gasteiger charge is -2.28. The Kier molecular flexibility index (Phi) is 44.1. The number of phosphoric acid groups is 1. The molecule has 0 saturated carbocycles. The van der Waals surface area contributed by atoms with Gasteiger partial charge in [0.1, 0.15) is 19.3 Å². The Morgan fingerprint density at radius 1 is 0.508 bits per heavy atom. The highest BCUT2D eigenvalue weighted by Gasteiger charge is 2.20. The van der Waals surface area contributed by atoms with Gasteiger partial charge in [0.25, 0.3) is 7.82 Å². The number of quaternary nitrogens is 1. The average molecular weight is 900 g/mol. The number of hydrogen-bond donors (Lipinski definition) is 0. The van der Waals surface area contributed by atoms with Crippen LogP contribution >= 0.6 is 7.82 Å². The van der Waals surface area contributed by atoms with Crippen molar-refractivity contribution in [2.24, 2.45) is 0 Å². The van der Waals surface area contributed by atoms with Crippen LogP contribution in [-0.4, -0.2) is 70.7 Å². The Bertz CT molecular complexity index is 1320. The van der Waals surface area contributed by atoms with Gasteiger partial charge in [0.2, 0.25) is 0 Å². The monoisotopic (exact) mass is 900 g/mol. The summed E-state index contributed by atoms with van der Waals surface area (Å²) in [5.41, 5.74) is 0. The van der Waals surface area contributed by atoms with Gasteiger partial charge in [0.05, 0.1) is 34.4 Å². The van der Waals surface area contributed by atoms with E-state index in [-0.39, 0.29) is 32.2 Å². The molecule has 2 unspecified atom stereocenters. The van der Waals surface area contributed by atoms with Gasteiger partial charge in [-0.2, -0.15) is 0 Å². The van der Waals surface area contributed by atoms with E-state index >= 15 is 0 Å². The number of unbranched alkanes of at least 4 members (excludes halogenated alkanes) is 15. The molecule has 0 bridgehead atoms. The Morgan fingerprint density at radius 3 is 1.38 bits per heavy atom. The molecule has 0 radical (unpaired) electrons. The van der Waals surface area contributed by atoms with Gasteiger partial charge in [0, 0.05) is 13.0 Å². The molecule has 2 atom stereocenters. The molecule has 8 nitrogen and oxygen atoms in total. The zero-order valence-electron chi connectivity index (χ0n) is 41.0. The van der Waals surface area contributed by atoms with E-state index in [1.807, 2.05) is 21.1 Å². The van der Waals surface area contributed by atoms with E-state index in [9.17, 15) is 14.3 Å². The molecule has 0 aromatic rings. The number of allylic oxidation sites excluding steroid dienone is 16. The molecule has 362 valence electrons. The van der Waals surface area contributed by atoms with Gasteiger partial charge in [-0.1, -0.05) is 175 Å². The lowest BCUT2D eigenvalue weighted by atomic mass is 10.1. The fraction of sp³-hybridized carbons (Fsp3) is 0.685. The highest BCUT2D eigenvalue weighted by Crippen LogP contribution is 2.38. The van der Waals surface area contributed by atoms with Crippen LogP contribution in [0.15, 0.2) is 97.2 Å². The maximum Gasteiger partial charge on any atom is 0.306 e. The Balaban J connectivity index is 4.27. The third-order valence-corrected chi connectivity index (χ3v) is 11.1. The number of nitrogens with zero attached hydrogens (tertiary/aromatic N) is 1. The van der Waals surface area contributed by atoms with Gasteiger partial charge < -0.3 is 27.9 Å². The highest BCUT2D eigenvalue weighted by atomic mass is 31.2. The molecule has 0 heterocycles. The quantitative estimate of drug-likeness (QED) is 0.0197. The second-order valence-corrected chi connectivity index (χ2v) is 18.8. The summed E-state index contributed by atoms with van der Waals surface area (Å²) in [6, 6.07) is 0. The molecular weight excluding hydrogens is 806 g/mol. The summed E-state index contributed by atoms with van der Waals surface area (Å²) in [7, 11) is 1.31. The van der Waals surface area contributed by atoms with E-state index < -0.39 is 13.9 Å². The zero-order chi connectivity index (χ0) is 46.2. The first kappa shape index (κ1) is 60.4. The SMILES string of the molecule is CC/C=C\C/C=C\C/C=C\C/C=C\C/C=C\CCCCOCC(COP(=O)([O-])OCC[N+](C)(C)C)OC(=O)CCCCCCCCCC/C=C\C/C=C\C/C=C\CCCCCCC. The number of carbonyl (C=O) groups excluding carboxylic acids is 1. The fourth-order valence-electron chi connectivity index (χ4n) is 6.28. The number of likely N-dealkylation sites (N-methyl/N-ethyl adjacent to an activating group) is 1. The Morgan fingerprint density at radius 2 is 0.921 bits per heavy atom. The lowest BCUT2D eigenvalue weighted by molar-refractivity contribution is -0.870. The molecule has 63 heavy (non-hydrogen) atoms. The van der Waals surface area contributed by atoms with Crippen molar-refractivity contribution < 1.29 is 37.3 Å². The van der Waals surface area contributed by atoms with Gasteiger partial charge >= 0.3 is 5.97 Å². The smallest absolute Gasteiger partial charge is 0.306 e. The first-order chi connectivity index (χ1) is 30.6. The van der Waals surface area contributed by atoms with Crippen LogP contribution in [0.25, 0.3) is 0 Å². The van der Waals surface area contributed by atoms with Crippen molar-refractivity contribution in [3.8, 4) is 0 Å². The maximum absolute atomic E-state index is 12.7. The van der Waals surface area contributed by atoms with Gasteiger partial charge in [-0.3, -0.25) is 9.36 Å². The molecule has 0 rings (SSSR count). The molecule has 0 aliphatic carbocycles. The van der Waals surface area contributed by atoms with Crippen LogP contribution in [0.2, 0.25) is 0 Å². The molecule has 0 spiro atoms. The topological polar surface area (TPSA) is 94.1 Å². The van der Waals surface area contributed by atoms with E-state index in [4.69, 9.17) is 18.5 Å². The van der Waals surface area contributed by atoms with Crippen LogP contribution in [0.3, 0.4) is 0 Å². The summed E-state index contributed by atoms with van der Waals surface area (Å²) in [6.07, 6.45) is 62.9. The van der Waals surface area contributed by atoms with Crippen LogP contribution in [-0.2, 0) is 27.9 Å². The molecule has 0 N–H and O–H groups in total. The summed E-state index contributed by atoms with van der Waals surface area (Å²) < 4.78 is 34.6. The molecular formula is C54H94NO7P.